The molecular formula is C25H26ClFN4O3. The number of benzene rings is 2. The van der Waals surface area contributed by atoms with E-state index in [4.69, 9.17) is 16.3 Å². The van der Waals surface area contributed by atoms with Crippen molar-refractivity contribution in [2.24, 2.45) is 0 Å². The first-order chi connectivity index (χ1) is 16.5. The number of carbonyl (C=O) groups excluding carboxylic acids is 2. The standard InChI is InChI=1S/C25H26ClFN4O3/c1-34-16-15-30(25(33)28-21-10-6-19(26)7-11-21)17-23(32)31-14-13-29-12-2-3-22(29)24(31)18-4-8-20(27)9-5-18/h2-12,24H,13-17H2,1H3,(H,28,33). The number of nitrogens with zero attached hydrogens (tertiary/aromatic N) is 3. The van der Waals surface area contributed by atoms with Gasteiger partial charge in [0.15, 0.2) is 0 Å². The van der Waals surface area contributed by atoms with E-state index in [0.717, 1.165) is 11.3 Å². The van der Waals surface area contributed by atoms with Crippen molar-refractivity contribution in [2.45, 2.75) is 12.6 Å². The Morgan fingerprint density at radius 2 is 1.85 bits per heavy atom. The van der Waals surface area contributed by atoms with Gasteiger partial charge < -0.3 is 24.4 Å². The van der Waals surface area contributed by atoms with Crippen LogP contribution in [0.25, 0.3) is 0 Å². The van der Waals surface area contributed by atoms with Crippen LogP contribution in [0, 0.1) is 5.82 Å². The van der Waals surface area contributed by atoms with E-state index in [9.17, 15) is 14.0 Å². The van der Waals surface area contributed by atoms with E-state index in [1.54, 1.807) is 48.4 Å². The fourth-order valence-corrected chi connectivity index (χ4v) is 4.22. The van der Waals surface area contributed by atoms with Crippen LogP contribution in [0.1, 0.15) is 17.3 Å². The van der Waals surface area contributed by atoms with Gasteiger partial charge in [-0.15, -0.1) is 0 Å². The normalized spacial score (nSPS) is 15.0. The second-order valence-electron chi connectivity index (χ2n) is 8.02. The summed E-state index contributed by atoms with van der Waals surface area (Å²) >= 11 is 5.92. The molecule has 0 spiro atoms. The number of methoxy groups -OCH3 is 1. The van der Waals surface area contributed by atoms with E-state index in [2.05, 4.69) is 9.88 Å². The first-order valence-corrected chi connectivity index (χ1v) is 11.3. The zero-order chi connectivity index (χ0) is 24.1. The molecule has 0 saturated carbocycles. The van der Waals surface area contributed by atoms with Crippen LogP contribution >= 0.6 is 11.6 Å². The minimum absolute atomic E-state index is 0.124. The molecule has 34 heavy (non-hydrogen) atoms. The largest absolute Gasteiger partial charge is 0.383 e. The van der Waals surface area contributed by atoms with Gasteiger partial charge in [0.2, 0.25) is 5.91 Å². The minimum atomic E-state index is -0.411. The second kappa shape index (κ2) is 10.7. The number of carbonyl (C=O) groups is 2. The quantitative estimate of drug-likeness (QED) is 0.540. The predicted octanol–water partition coefficient (Wildman–Crippen LogP) is 4.39. The zero-order valence-corrected chi connectivity index (χ0v) is 19.5. The molecule has 3 aromatic rings. The van der Waals surface area contributed by atoms with Crippen molar-refractivity contribution in [3.05, 3.63) is 89.0 Å². The van der Waals surface area contributed by atoms with Crippen molar-refractivity contribution < 1.29 is 18.7 Å². The van der Waals surface area contributed by atoms with Gasteiger partial charge in [0, 0.05) is 49.3 Å². The maximum absolute atomic E-state index is 13.6. The van der Waals surface area contributed by atoms with Gasteiger partial charge in [-0.1, -0.05) is 23.7 Å². The third-order valence-corrected chi connectivity index (χ3v) is 6.07. The Balaban J connectivity index is 1.55. The van der Waals surface area contributed by atoms with Crippen LogP contribution < -0.4 is 5.32 Å². The third-order valence-electron chi connectivity index (χ3n) is 5.82. The van der Waals surface area contributed by atoms with E-state index in [1.807, 2.05) is 18.3 Å². The summed E-state index contributed by atoms with van der Waals surface area (Å²) in [4.78, 5) is 29.7. The van der Waals surface area contributed by atoms with Gasteiger partial charge in [-0.2, -0.15) is 0 Å². The van der Waals surface area contributed by atoms with Crippen LogP contribution in [0.15, 0.2) is 66.9 Å². The summed E-state index contributed by atoms with van der Waals surface area (Å²) in [6, 6.07) is 16.0. The van der Waals surface area contributed by atoms with E-state index in [0.29, 0.717) is 23.8 Å². The topological polar surface area (TPSA) is 66.8 Å². The summed E-state index contributed by atoms with van der Waals surface area (Å²) < 4.78 is 20.8. The zero-order valence-electron chi connectivity index (χ0n) is 18.8. The fourth-order valence-electron chi connectivity index (χ4n) is 4.09. The number of anilines is 1. The van der Waals surface area contributed by atoms with Crippen molar-refractivity contribution in [1.82, 2.24) is 14.4 Å². The highest BCUT2D eigenvalue weighted by Gasteiger charge is 2.33. The molecule has 0 saturated heterocycles. The molecule has 2 aromatic carbocycles. The average molecular weight is 485 g/mol. The molecular weight excluding hydrogens is 459 g/mol. The lowest BCUT2D eigenvalue weighted by Gasteiger charge is -2.38. The van der Waals surface area contributed by atoms with Crippen LogP contribution in [0.3, 0.4) is 0 Å². The highest BCUT2D eigenvalue weighted by molar-refractivity contribution is 6.30. The van der Waals surface area contributed by atoms with Gasteiger partial charge in [-0.25, -0.2) is 9.18 Å². The van der Waals surface area contributed by atoms with Crippen LogP contribution in [-0.2, 0) is 16.1 Å². The van der Waals surface area contributed by atoms with Crippen molar-refractivity contribution in [3.8, 4) is 0 Å². The van der Waals surface area contributed by atoms with Crippen LogP contribution in [0.4, 0.5) is 14.9 Å². The molecule has 7 nitrogen and oxygen atoms in total. The van der Waals surface area contributed by atoms with E-state index >= 15 is 0 Å². The molecule has 0 radical (unpaired) electrons. The van der Waals surface area contributed by atoms with Crippen molar-refractivity contribution in [1.29, 1.82) is 0 Å². The van der Waals surface area contributed by atoms with Crippen LogP contribution in [0.5, 0.6) is 0 Å². The Bertz CT molecular complexity index is 1130. The summed E-state index contributed by atoms with van der Waals surface area (Å²) in [6.45, 7) is 1.51. The molecule has 1 N–H and O–H groups in total. The monoisotopic (exact) mass is 484 g/mol. The van der Waals surface area contributed by atoms with E-state index in [1.165, 1.54) is 17.0 Å². The Kier molecular flexibility index (Phi) is 7.49. The maximum atomic E-state index is 13.6. The molecule has 1 aliphatic rings. The molecule has 0 aliphatic carbocycles. The molecule has 0 fully saturated rings. The Labute approximate surface area is 202 Å². The van der Waals surface area contributed by atoms with Gasteiger partial charge in [0.05, 0.1) is 12.6 Å². The maximum Gasteiger partial charge on any atom is 0.322 e. The second-order valence-corrected chi connectivity index (χ2v) is 8.46. The molecule has 1 aliphatic heterocycles. The smallest absolute Gasteiger partial charge is 0.322 e. The number of hydrogen-bond donors (Lipinski definition) is 1. The summed E-state index contributed by atoms with van der Waals surface area (Å²) in [7, 11) is 1.54. The molecule has 178 valence electrons. The van der Waals surface area contributed by atoms with Gasteiger partial charge >= 0.3 is 6.03 Å². The molecule has 2 heterocycles. The average Bonchev–Trinajstić information content (AvgIpc) is 3.32. The molecule has 4 rings (SSSR count). The van der Waals surface area contributed by atoms with E-state index in [-0.39, 0.29) is 37.5 Å². The number of urea groups is 1. The summed E-state index contributed by atoms with van der Waals surface area (Å²) in [5.41, 5.74) is 2.33. The van der Waals surface area contributed by atoms with Crippen molar-refractivity contribution in [3.63, 3.8) is 0 Å². The number of nitrogens with one attached hydrogen (secondary N) is 1. The van der Waals surface area contributed by atoms with Gasteiger partial charge in [-0.05, 0) is 54.1 Å². The molecule has 3 amide bonds. The van der Waals surface area contributed by atoms with Gasteiger partial charge in [-0.3, -0.25) is 4.79 Å². The molecule has 1 unspecified atom stereocenters. The van der Waals surface area contributed by atoms with E-state index < -0.39 is 6.03 Å². The van der Waals surface area contributed by atoms with Crippen LogP contribution in [-0.4, -0.2) is 59.7 Å². The third kappa shape index (κ3) is 5.40. The number of hydrogen-bond acceptors (Lipinski definition) is 3. The minimum Gasteiger partial charge on any atom is -0.383 e. The van der Waals surface area contributed by atoms with Crippen molar-refractivity contribution in [2.75, 3.05) is 38.7 Å². The van der Waals surface area contributed by atoms with Gasteiger partial charge in [0.1, 0.15) is 12.4 Å². The lowest BCUT2D eigenvalue weighted by molar-refractivity contribution is -0.134. The predicted molar refractivity (Wildman–Crippen MR) is 128 cm³/mol. The first kappa shape index (κ1) is 23.8. The Morgan fingerprint density at radius 3 is 2.56 bits per heavy atom. The van der Waals surface area contributed by atoms with Crippen molar-refractivity contribution >= 4 is 29.2 Å². The molecule has 0 bridgehead atoms. The number of ether oxygens (including phenoxy) is 1. The highest BCUT2D eigenvalue weighted by Crippen LogP contribution is 2.32. The van der Waals surface area contributed by atoms with Gasteiger partial charge in [0.25, 0.3) is 0 Å². The SMILES string of the molecule is COCCN(CC(=O)N1CCn2cccc2C1c1ccc(F)cc1)C(=O)Nc1ccc(Cl)cc1. The number of aromatic nitrogens is 1. The summed E-state index contributed by atoms with van der Waals surface area (Å²) in [5.74, 6) is -0.540. The highest BCUT2D eigenvalue weighted by atomic mass is 35.5. The summed E-state index contributed by atoms with van der Waals surface area (Å²) in [5, 5.41) is 3.36. The number of fused-ring (bicyclic) bond motifs is 1. The summed E-state index contributed by atoms with van der Waals surface area (Å²) in [6.07, 6.45) is 1.97. The molecule has 1 aromatic heterocycles. The lowest BCUT2D eigenvalue weighted by atomic mass is 9.99. The van der Waals surface area contributed by atoms with Crippen LogP contribution in [0.2, 0.25) is 5.02 Å². The number of rotatable bonds is 7. The number of halogens is 2. The first-order valence-electron chi connectivity index (χ1n) is 11.0. The molecule has 1 atom stereocenters. The number of amides is 3. The fraction of sp³-hybridized carbons (Fsp3) is 0.280. The lowest BCUT2D eigenvalue weighted by Crippen LogP contribution is -2.49. The Morgan fingerprint density at radius 1 is 1.12 bits per heavy atom. The molecule has 9 heteroatoms. The Hall–Kier alpha value is -3.36.